The van der Waals surface area contributed by atoms with Crippen molar-refractivity contribution in [1.82, 2.24) is 0 Å². The maximum Gasteiger partial charge on any atom is 0.306 e. The van der Waals surface area contributed by atoms with Gasteiger partial charge in [0.1, 0.15) is 13.2 Å². The van der Waals surface area contributed by atoms with Gasteiger partial charge < -0.3 is 14.2 Å². The van der Waals surface area contributed by atoms with Gasteiger partial charge in [0.25, 0.3) is 0 Å². The average molecular weight is 765 g/mol. The number of carbonyl (C=O) groups is 3. The molecule has 0 bridgehead atoms. The van der Waals surface area contributed by atoms with E-state index in [1.165, 1.54) is 173 Å². The van der Waals surface area contributed by atoms with E-state index in [0.29, 0.717) is 19.3 Å². The summed E-state index contributed by atoms with van der Waals surface area (Å²) in [6.07, 6.45) is 45.3. The van der Waals surface area contributed by atoms with E-state index in [1.54, 1.807) is 0 Å². The molecule has 6 nitrogen and oxygen atoms in total. The zero-order chi connectivity index (χ0) is 39.4. The summed E-state index contributed by atoms with van der Waals surface area (Å²) in [5.41, 5.74) is 0. The summed E-state index contributed by atoms with van der Waals surface area (Å²) in [6, 6.07) is 0. The number of rotatable bonds is 44. The van der Waals surface area contributed by atoms with Gasteiger partial charge in [-0.3, -0.25) is 14.4 Å². The Bertz CT molecular complexity index is 798. The third-order valence-electron chi connectivity index (χ3n) is 10.9. The lowest BCUT2D eigenvalue weighted by atomic mass is 10.0. The molecule has 54 heavy (non-hydrogen) atoms. The first-order valence-electron chi connectivity index (χ1n) is 24.0. The summed E-state index contributed by atoms with van der Waals surface area (Å²) >= 11 is 0. The fourth-order valence-corrected chi connectivity index (χ4v) is 7.21. The molecule has 0 saturated carbocycles. The Balaban J connectivity index is 4.14. The number of ether oxygens (including phenoxy) is 3. The van der Waals surface area contributed by atoms with Gasteiger partial charge >= 0.3 is 17.9 Å². The van der Waals surface area contributed by atoms with E-state index in [0.717, 1.165) is 57.8 Å². The van der Waals surface area contributed by atoms with Crippen molar-refractivity contribution in [2.24, 2.45) is 0 Å². The zero-order valence-electron chi connectivity index (χ0n) is 36.5. The van der Waals surface area contributed by atoms with Crippen LogP contribution in [-0.4, -0.2) is 37.2 Å². The number of hydrogen-bond donors (Lipinski definition) is 0. The van der Waals surface area contributed by atoms with Crippen LogP contribution in [0.2, 0.25) is 0 Å². The van der Waals surface area contributed by atoms with Crippen molar-refractivity contribution in [2.75, 3.05) is 13.2 Å². The summed E-state index contributed by atoms with van der Waals surface area (Å²) in [4.78, 5) is 37.6. The van der Waals surface area contributed by atoms with E-state index in [-0.39, 0.29) is 31.1 Å². The number of esters is 3. The van der Waals surface area contributed by atoms with Crippen molar-refractivity contribution >= 4 is 17.9 Å². The standard InChI is InChI=1S/C48H92O6/c1-4-7-10-13-16-19-20-21-22-23-24-25-26-27-28-30-32-35-38-41-47(50)53-44-45(43-52-46(49)40-37-34-31-18-15-12-9-6-3)54-48(51)42-39-36-33-29-17-14-11-8-5-2/h45H,4-44H2,1-3H3. The minimum absolute atomic E-state index is 0.0630. The highest BCUT2D eigenvalue weighted by molar-refractivity contribution is 5.71. The summed E-state index contributed by atoms with van der Waals surface area (Å²) in [6.45, 7) is 6.62. The van der Waals surface area contributed by atoms with Crippen LogP contribution in [0.4, 0.5) is 0 Å². The van der Waals surface area contributed by atoms with E-state index in [9.17, 15) is 14.4 Å². The maximum atomic E-state index is 12.6. The van der Waals surface area contributed by atoms with Crippen molar-refractivity contribution in [3.8, 4) is 0 Å². The molecule has 0 heterocycles. The molecule has 320 valence electrons. The predicted octanol–water partition coefficient (Wildman–Crippen LogP) is 15.3. The molecular formula is C48H92O6. The van der Waals surface area contributed by atoms with Crippen molar-refractivity contribution < 1.29 is 28.6 Å². The van der Waals surface area contributed by atoms with Crippen LogP contribution in [0.5, 0.6) is 0 Å². The van der Waals surface area contributed by atoms with Gasteiger partial charge in [0.2, 0.25) is 0 Å². The molecule has 0 fully saturated rings. The average Bonchev–Trinajstić information content (AvgIpc) is 3.17. The predicted molar refractivity (Wildman–Crippen MR) is 229 cm³/mol. The van der Waals surface area contributed by atoms with Gasteiger partial charge in [0.05, 0.1) is 0 Å². The lowest BCUT2D eigenvalue weighted by Gasteiger charge is -2.18. The van der Waals surface area contributed by atoms with Crippen molar-refractivity contribution in [1.29, 1.82) is 0 Å². The molecule has 0 aliphatic rings. The lowest BCUT2D eigenvalue weighted by Crippen LogP contribution is -2.30. The van der Waals surface area contributed by atoms with Crippen LogP contribution in [0.25, 0.3) is 0 Å². The second kappa shape index (κ2) is 44.1. The number of hydrogen-bond acceptors (Lipinski definition) is 6. The molecule has 1 atom stereocenters. The second-order valence-corrected chi connectivity index (χ2v) is 16.4. The van der Waals surface area contributed by atoms with Crippen LogP contribution in [0.1, 0.15) is 271 Å². The molecule has 1 unspecified atom stereocenters. The Hall–Kier alpha value is -1.59. The minimum atomic E-state index is -0.757. The van der Waals surface area contributed by atoms with Crippen LogP contribution in [0.3, 0.4) is 0 Å². The fourth-order valence-electron chi connectivity index (χ4n) is 7.21. The molecule has 0 aromatic carbocycles. The summed E-state index contributed by atoms with van der Waals surface area (Å²) in [5.74, 6) is -0.856. The monoisotopic (exact) mass is 765 g/mol. The lowest BCUT2D eigenvalue weighted by molar-refractivity contribution is -0.167. The first-order valence-corrected chi connectivity index (χ1v) is 24.0. The molecule has 0 aliphatic carbocycles. The molecule has 0 N–H and O–H groups in total. The third-order valence-corrected chi connectivity index (χ3v) is 10.9. The van der Waals surface area contributed by atoms with Crippen LogP contribution < -0.4 is 0 Å². The molecule has 0 rings (SSSR count). The van der Waals surface area contributed by atoms with Gasteiger partial charge in [-0.2, -0.15) is 0 Å². The summed E-state index contributed by atoms with van der Waals surface area (Å²) in [7, 11) is 0. The maximum absolute atomic E-state index is 12.6. The fraction of sp³-hybridized carbons (Fsp3) is 0.938. The Kier molecular flexibility index (Phi) is 42.8. The highest BCUT2D eigenvalue weighted by atomic mass is 16.6. The Morgan fingerprint density at radius 2 is 0.500 bits per heavy atom. The van der Waals surface area contributed by atoms with Crippen LogP contribution >= 0.6 is 0 Å². The van der Waals surface area contributed by atoms with E-state index in [1.807, 2.05) is 0 Å². The van der Waals surface area contributed by atoms with Crippen molar-refractivity contribution in [3.05, 3.63) is 0 Å². The highest BCUT2D eigenvalue weighted by Gasteiger charge is 2.19. The third kappa shape index (κ3) is 41.6. The minimum Gasteiger partial charge on any atom is -0.462 e. The van der Waals surface area contributed by atoms with Crippen molar-refractivity contribution in [3.63, 3.8) is 0 Å². The Morgan fingerprint density at radius 3 is 0.741 bits per heavy atom. The molecule has 0 spiro atoms. The summed E-state index contributed by atoms with van der Waals surface area (Å²) in [5, 5.41) is 0. The Labute approximate surface area is 336 Å². The molecule has 0 aromatic rings. The van der Waals surface area contributed by atoms with Crippen LogP contribution in [0, 0.1) is 0 Å². The van der Waals surface area contributed by atoms with Gasteiger partial charge in [0.15, 0.2) is 6.10 Å². The van der Waals surface area contributed by atoms with Gasteiger partial charge in [0, 0.05) is 19.3 Å². The molecule has 0 radical (unpaired) electrons. The largest absolute Gasteiger partial charge is 0.462 e. The molecule has 0 amide bonds. The topological polar surface area (TPSA) is 78.9 Å². The zero-order valence-corrected chi connectivity index (χ0v) is 36.5. The number of carbonyl (C=O) groups excluding carboxylic acids is 3. The van der Waals surface area contributed by atoms with E-state index < -0.39 is 6.10 Å². The quantitative estimate of drug-likeness (QED) is 0.0349. The van der Waals surface area contributed by atoms with E-state index in [2.05, 4.69) is 20.8 Å². The normalized spacial score (nSPS) is 11.8. The van der Waals surface area contributed by atoms with Crippen molar-refractivity contribution in [2.45, 2.75) is 277 Å². The van der Waals surface area contributed by atoms with Gasteiger partial charge in [-0.15, -0.1) is 0 Å². The summed E-state index contributed by atoms with van der Waals surface area (Å²) < 4.78 is 16.7. The molecule has 0 aliphatic heterocycles. The van der Waals surface area contributed by atoms with E-state index >= 15 is 0 Å². The Morgan fingerprint density at radius 1 is 0.296 bits per heavy atom. The van der Waals surface area contributed by atoms with Gasteiger partial charge in [-0.05, 0) is 19.3 Å². The molecular weight excluding hydrogens is 673 g/mol. The van der Waals surface area contributed by atoms with E-state index in [4.69, 9.17) is 14.2 Å². The van der Waals surface area contributed by atoms with Crippen LogP contribution in [-0.2, 0) is 28.6 Å². The SMILES string of the molecule is CCCCCCCCCCCCCCCCCCCCCC(=O)OCC(COC(=O)CCCCCCCCCC)OC(=O)CCCCCCCCCCC. The molecule has 6 heteroatoms. The van der Waals surface area contributed by atoms with Crippen LogP contribution in [0.15, 0.2) is 0 Å². The smallest absolute Gasteiger partial charge is 0.306 e. The first kappa shape index (κ1) is 52.4. The first-order chi connectivity index (χ1) is 26.5. The number of unbranched alkanes of at least 4 members (excludes halogenated alkanes) is 33. The van der Waals surface area contributed by atoms with Gasteiger partial charge in [-0.1, -0.05) is 233 Å². The second-order valence-electron chi connectivity index (χ2n) is 16.4. The molecule has 0 aromatic heterocycles. The highest BCUT2D eigenvalue weighted by Crippen LogP contribution is 2.16. The van der Waals surface area contributed by atoms with Gasteiger partial charge in [-0.25, -0.2) is 0 Å². The molecule has 0 saturated heterocycles.